The van der Waals surface area contributed by atoms with Crippen molar-refractivity contribution in [3.63, 3.8) is 0 Å². The van der Waals surface area contributed by atoms with Crippen molar-refractivity contribution in [2.24, 2.45) is 0 Å². The first-order valence-electron chi connectivity index (χ1n) is 15.9. The average Bonchev–Trinajstić information content (AvgIpc) is 3.41. The van der Waals surface area contributed by atoms with Crippen LogP contribution in [0.1, 0.15) is 22.3 Å². The third kappa shape index (κ3) is 3.58. The minimum absolute atomic E-state index is 0.443. The highest BCUT2D eigenvalue weighted by Crippen LogP contribution is 2.58. The summed E-state index contributed by atoms with van der Waals surface area (Å²) >= 11 is 1.89. The number of hydrogen-bond acceptors (Lipinski definition) is 1. The summed E-state index contributed by atoms with van der Waals surface area (Å²) < 4.78 is 0. The Morgan fingerprint density at radius 2 is 0.957 bits per heavy atom. The van der Waals surface area contributed by atoms with E-state index in [0.717, 1.165) is 0 Å². The van der Waals surface area contributed by atoms with Crippen LogP contribution in [0.25, 0.3) is 54.9 Å². The minimum Gasteiger partial charge on any atom is -0.0888 e. The lowest BCUT2D eigenvalue weighted by molar-refractivity contribution is 0.770. The maximum Gasteiger partial charge on any atom is 0.0714 e. The van der Waals surface area contributed by atoms with E-state index in [4.69, 9.17) is 0 Å². The molecule has 0 unspecified atom stereocenters. The van der Waals surface area contributed by atoms with Crippen molar-refractivity contribution >= 4 is 33.3 Å². The van der Waals surface area contributed by atoms with Crippen LogP contribution in [0.2, 0.25) is 0 Å². The van der Waals surface area contributed by atoms with Gasteiger partial charge in [-0.3, -0.25) is 0 Å². The van der Waals surface area contributed by atoms with Gasteiger partial charge in [-0.1, -0.05) is 145 Å². The fourth-order valence-corrected chi connectivity index (χ4v) is 9.22. The molecule has 46 heavy (non-hydrogen) atoms. The summed E-state index contributed by atoms with van der Waals surface area (Å²) in [5, 5.41) is 5.21. The molecule has 8 aromatic carbocycles. The van der Waals surface area contributed by atoms with Gasteiger partial charge in [-0.25, -0.2) is 0 Å². The van der Waals surface area contributed by atoms with E-state index in [9.17, 15) is 0 Å². The van der Waals surface area contributed by atoms with Gasteiger partial charge in [0.15, 0.2) is 0 Å². The quantitative estimate of drug-likeness (QED) is 0.194. The standard InChI is InChI=1S/C45H28S/c1-3-15-34(16-4-1)45(35-17-5-2-6-18-35)40-28-33(21-23-36(40)38-25-30-11-7-8-12-31(30)27-41(38)45)32-22-24-42-39(26-32)37-19-9-13-29-14-10-20-43(46-42)44(29)37/h1-28H. The first-order valence-corrected chi connectivity index (χ1v) is 16.7. The van der Waals surface area contributed by atoms with Crippen LogP contribution in [0, 0.1) is 0 Å². The van der Waals surface area contributed by atoms with E-state index in [1.54, 1.807) is 0 Å². The van der Waals surface area contributed by atoms with Crippen molar-refractivity contribution in [1.29, 1.82) is 0 Å². The Bertz CT molecular complexity index is 2450. The van der Waals surface area contributed by atoms with Gasteiger partial charge in [-0.2, -0.15) is 0 Å². The van der Waals surface area contributed by atoms with Crippen LogP contribution in [0.15, 0.2) is 180 Å². The van der Waals surface area contributed by atoms with Crippen LogP contribution in [0.5, 0.6) is 0 Å². The maximum atomic E-state index is 2.48. The largest absolute Gasteiger partial charge is 0.0888 e. The summed E-state index contributed by atoms with van der Waals surface area (Å²) in [6, 6.07) is 63.4. The minimum atomic E-state index is -0.443. The van der Waals surface area contributed by atoms with Gasteiger partial charge < -0.3 is 0 Å². The van der Waals surface area contributed by atoms with Gasteiger partial charge in [0, 0.05) is 15.2 Å². The molecule has 214 valence electrons. The summed E-state index contributed by atoms with van der Waals surface area (Å²) in [4.78, 5) is 2.66. The van der Waals surface area contributed by atoms with Crippen molar-refractivity contribution in [3.8, 4) is 33.4 Å². The van der Waals surface area contributed by atoms with Gasteiger partial charge in [0.25, 0.3) is 0 Å². The molecule has 0 saturated heterocycles. The highest BCUT2D eigenvalue weighted by molar-refractivity contribution is 7.99. The molecule has 1 heterocycles. The summed E-state index contributed by atoms with van der Waals surface area (Å²) in [6.07, 6.45) is 0. The molecule has 0 aromatic heterocycles. The van der Waals surface area contributed by atoms with Gasteiger partial charge in [0.1, 0.15) is 0 Å². The SMILES string of the molecule is c1ccc(C2(c3ccccc3)c3cc(-c4ccc5c(c4)-c4cccc6cccc(c46)S5)ccc3-c3cc4ccccc4cc32)cc1. The molecule has 0 N–H and O–H groups in total. The normalized spacial score (nSPS) is 13.7. The molecule has 2 aliphatic rings. The summed E-state index contributed by atoms with van der Waals surface area (Å²) in [7, 11) is 0. The average molecular weight is 601 g/mol. The molecular formula is C45H28S. The Hall–Kier alpha value is -5.37. The molecule has 0 spiro atoms. The topological polar surface area (TPSA) is 0 Å². The summed E-state index contributed by atoms with van der Waals surface area (Å²) in [6.45, 7) is 0. The van der Waals surface area contributed by atoms with Crippen LogP contribution in [-0.2, 0) is 5.41 Å². The van der Waals surface area contributed by atoms with Crippen molar-refractivity contribution in [2.45, 2.75) is 15.2 Å². The Balaban J connectivity index is 1.25. The van der Waals surface area contributed by atoms with Gasteiger partial charge in [-0.05, 0) is 108 Å². The van der Waals surface area contributed by atoms with Gasteiger partial charge >= 0.3 is 0 Å². The lowest BCUT2D eigenvalue weighted by Crippen LogP contribution is -2.28. The Labute approximate surface area is 273 Å². The molecular weight excluding hydrogens is 573 g/mol. The Morgan fingerprint density at radius 1 is 0.348 bits per heavy atom. The zero-order chi connectivity index (χ0) is 30.2. The summed E-state index contributed by atoms with van der Waals surface area (Å²) in [5.41, 5.74) is 12.6. The third-order valence-electron chi connectivity index (χ3n) is 10.1. The lowest BCUT2D eigenvalue weighted by atomic mass is 9.67. The fraction of sp³-hybridized carbons (Fsp3) is 0.0222. The van der Waals surface area contributed by atoms with Crippen LogP contribution in [-0.4, -0.2) is 0 Å². The predicted molar refractivity (Wildman–Crippen MR) is 194 cm³/mol. The highest BCUT2D eigenvalue weighted by Gasteiger charge is 2.46. The third-order valence-corrected chi connectivity index (χ3v) is 11.2. The van der Waals surface area contributed by atoms with E-state index < -0.39 is 5.41 Å². The van der Waals surface area contributed by atoms with Crippen LogP contribution in [0.4, 0.5) is 0 Å². The molecule has 0 saturated carbocycles. The molecule has 0 fully saturated rings. The van der Waals surface area contributed by atoms with Gasteiger partial charge in [-0.15, -0.1) is 0 Å². The molecule has 1 heteroatoms. The molecule has 8 aromatic rings. The maximum absolute atomic E-state index is 2.48. The van der Waals surface area contributed by atoms with E-state index >= 15 is 0 Å². The van der Waals surface area contributed by atoms with Crippen molar-refractivity contribution in [2.75, 3.05) is 0 Å². The van der Waals surface area contributed by atoms with E-state index in [2.05, 4.69) is 170 Å². The van der Waals surface area contributed by atoms with Crippen LogP contribution >= 0.6 is 11.8 Å². The lowest BCUT2D eigenvalue weighted by Gasteiger charge is -2.34. The molecule has 1 aliphatic carbocycles. The van der Waals surface area contributed by atoms with E-state index in [1.165, 1.54) is 87.0 Å². The highest BCUT2D eigenvalue weighted by atomic mass is 32.2. The van der Waals surface area contributed by atoms with Gasteiger partial charge in [0.2, 0.25) is 0 Å². The summed E-state index contributed by atoms with van der Waals surface area (Å²) in [5.74, 6) is 0. The second kappa shape index (κ2) is 9.81. The molecule has 0 atom stereocenters. The predicted octanol–water partition coefficient (Wildman–Crippen LogP) is 12.2. The molecule has 0 radical (unpaired) electrons. The van der Waals surface area contributed by atoms with E-state index in [1.807, 2.05) is 11.8 Å². The molecule has 0 amide bonds. The number of rotatable bonds is 3. The van der Waals surface area contributed by atoms with Gasteiger partial charge in [0.05, 0.1) is 5.41 Å². The van der Waals surface area contributed by atoms with Crippen molar-refractivity contribution < 1.29 is 0 Å². The Morgan fingerprint density at radius 3 is 1.72 bits per heavy atom. The second-order valence-electron chi connectivity index (χ2n) is 12.5. The molecule has 0 nitrogen and oxygen atoms in total. The smallest absolute Gasteiger partial charge is 0.0714 e. The number of fused-ring (bicyclic) bond motifs is 6. The van der Waals surface area contributed by atoms with Crippen molar-refractivity contribution in [3.05, 3.63) is 192 Å². The zero-order valence-corrected chi connectivity index (χ0v) is 25.9. The fourth-order valence-electron chi connectivity index (χ4n) is 8.10. The molecule has 0 bridgehead atoms. The first kappa shape index (κ1) is 25.9. The monoisotopic (exact) mass is 600 g/mol. The van der Waals surface area contributed by atoms with E-state index in [-0.39, 0.29) is 0 Å². The Kier molecular flexibility index (Phi) is 5.53. The first-order chi connectivity index (χ1) is 22.8. The van der Waals surface area contributed by atoms with Crippen molar-refractivity contribution in [1.82, 2.24) is 0 Å². The molecule has 1 aliphatic heterocycles. The van der Waals surface area contributed by atoms with E-state index in [0.29, 0.717) is 0 Å². The number of benzene rings is 8. The van der Waals surface area contributed by atoms with Crippen LogP contribution in [0.3, 0.4) is 0 Å². The zero-order valence-electron chi connectivity index (χ0n) is 25.1. The number of hydrogen-bond donors (Lipinski definition) is 0. The molecule has 10 rings (SSSR count). The second-order valence-corrected chi connectivity index (χ2v) is 13.5. The van der Waals surface area contributed by atoms with Crippen LogP contribution < -0.4 is 0 Å².